The Kier molecular flexibility index (Phi) is 6.34. The van der Waals surface area contributed by atoms with Crippen LogP contribution < -0.4 is 5.32 Å². The van der Waals surface area contributed by atoms with Gasteiger partial charge in [-0.1, -0.05) is 49.4 Å². The Morgan fingerprint density at radius 2 is 2.00 bits per heavy atom. The highest BCUT2D eigenvalue weighted by Gasteiger charge is 2.29. The fourth-order valence-corrected chi connectivity index (χ4v) is 5.14. The van der Waals surface area contributed by atoms with Crippen molar-refractivity contribution in [1.82, 2.24) is 5.32 Å². The molecule has 2 rings (SSSR count). The van der Waals surface area contributed by atoms with E-state index in [-0.39, 0.29) is 5.25 Å². The van der Waals surface area contributed by atoms with Crippen LogP contribution in [0.4, 0.5) is 0 Å². The van der Waals surface area contributed by atoms with E-state index in [2.05, 4.69) is 12.2 Å². The Morgan fingerprint density at radius 1 is 1.25 bits per heavy atom. The quantitative estimate of drug-likeness (QED) is 0.826. The van der Waals surface area contributed by atoms with E-state index in [0.29, 0.717) is 21.0 Å². The van der Waals surface area contributed by atoms with Crippen molar-refractivity contribution in [3.05, 3.63) is 28.2 Å². The van der Waals surface area contributed by atoms with E-state index < -0.39 is 10.8 Å². The zero-order chi connectivity index (χ0) is 14.5. The third-order valence-electron chi connectivity index (χ3n) is 3.80. The number of hydrogen-bond donors (Lipinski definition) is 1. The van der Waals surface area contributed by atoms with Gasteiger partial charge in [-0.2, -0.15) is 0 Å². The average Bonchev–Trinajstić information content (AvgIpc) is 2.67. The molecule has 1 aliphatic rings. The molecular formula is C15H21Cl2NOS. The molecule has 0 aromatic heterocycles. The molecule has 0 heterocycles. The highest BCUT2D eigenvalue weighted by atomic mass is 35.5. The summed E-state index contributed by atoms with van der Waals surface area (Å²) in [5.41, 5.74) is 0. The molecule has 112 valence electrons. The van der Waals surface area contributed by atoms with Gasteiger partial charge in [-0.25, -0.2) is 0 Å². The maximum atomic E-state index is 12.9. The number of rotatable bonds is 4. The monoisotopic (exact) mass is 333 g/mol. The van der Waals surface area contributed by atoms with Gasteiger partial charge in [0, 0.05) is 11.1 Å². The van der Waals surface area contributed by atoms with Gasteiger partial charge in [0.05, 0.1) is 26.0 Å². The van der Waals surface area contributed by atoms with Crippen LogP contribution in [0.2, 0.25) is 10.0 Å². The zero-order valence-corrected chi connectivity index (χ0v) is 14.0. The number of halogens is 2. The van der Waals surface area contributed by atoms with Crippen molar-refractivity contribution in [3.63, 3.8) is 0 Å². The molecule has 0 saturated heterocycles. The predicted octanol–water partition coefficient (Wildman–Crippen LogP) is 4.41. The highest BCUT2D eigenvalue weighted by molar-refractivity contribution is 7.85. The molecule has 0 radical (unpaired) electrons. The second-order valence-electron chi connectivity index (χ2n) is 5.21. The Morgan fingerprint density at radius 3 is 2.75 bits per heavy atom. The van der Waals surface area contributed by atoms with Crippen LogP contribution in [0.3, 0.4) is 0 Å². The second kappa shape index (κ2) is 7.79. The first-order valence-electron chi connectivity index (χ1n) is 7.22. The van der Waals surface area contributed by atoms with Crippen molar-refractivity contribution in [3.8, 4) is 0 Å². The van der Waals surface area contributed by atoms with Gasteiger partial charge >= 0.3 is 0 Å². The lowest BCUT2D eigenvalue weighted by atomic mass is 10.1. The van der Waals surface area contributed by atoms with Crippen LogP contribution in [0, 0.1) is 0 Å². The van der Waals surface area contributed by atoms with Crippen LogP contribution in [0.5, 0.6) is 0 Å². The third-order valence-corrected chi connectivity index (χ3v) is 6.37. The topological polar surface area (TPSA) is 29.1 Å². The van der Waals surface area contributed by atoms with Crippen molar-refractivity contribution in [2.24, 2.45) is 0 Å². The molecule has 0 amide bonds. The molecule has 20 heavy (non-hydrogen) atoms. The molecule has 0 aliphatic heterocycles. The summed E-state index contributed by atoms with van der Waals surface area (Å²) in [6.45, 7) is 3.00. The van der Waals surface area contributed by atoms with Gasteiger partial charge in [0.25, 0.3) is 0 Å². The molecule has 5 heteroatoms. The Bertz CT molecular complexity index is 481. The van der Waals surface area contributed by atoms with Crippen molar-refractivity contribution in [2.45, 2.75) is 55.2 Å². The summed E-state index contributed by atoms with van der Waals surface area (Å²) in [5.74, 6) is 0. The summed E-state index contributed by atoms with van der Waals surface area (Å²) in [6, 6.07) is 5.52. The summed E-state index contributed by atoms with van der Waals surface area (Å²) < 4.78 is 12.9. The molecule has 2 nitrogen and oxygen atoms in total. The molecule has 1 aliphatic carbocycles. The minimum Gasteiger partial charge on any atom is -0.313 e. The standard InChI is InChI=1S/C15H21Cl2NOS/c1-2-18-13-6-4-3-5-7-14(13)20(19)15-10-11(16)8-9-12(15)17/h8-10,13-14,18H,2-7H2,1H3. The van der Waals surface area contributed by atoms with Gasteiger partial charge < -0.3 is 5.32 Å². The fraction of sp³-hybridized carbons (Fsp3) is 0.600. The molecule has 1 fully saturated rings. The van der Waals surface area contributed by atoms with E-state index in [1.165, 1.54) is 12.8 Å². The lowest BCUT2D eigenvalue weighted by Gasteiger charge is -2.25. The average molecular weight is 334 g/mol. The number of hydrogen-bond acceptors (Lipinski definition) is 2. The second-order valence-corrected chi connectivity index (χ2v) is 7.70. The first-order chi connectivity index (χ1) is 9.63. The van der Waals surface area contributed by atoms with Gasteiger partial charge in [-0.15, -0.1) is 0 Å². The molecule has 1 aromatic rings. The molecule has 1 N–H and O–H groups in total. The van der Waals surface area contributed by atoms with E-state index in [0.717, 1.165) is 25.8 Å². The van der Waals surface area contributed by atoms with Crippen LogP contribution in [0.15, 0.2) is 23.1 Å². The SMILES string of the molecule is CCNC1CCCCCC1S(=O)c1cc(Cl)ccc1Cl. The van der Waals surface area contributed by atoms with E-state index in [4.69, 9.17) is 23.2 Å². The lowest BCUT2D eigenvalue weighted by Crippen LogP contribution is -2.41. The van der Waals surface area contributed by atoms with Crippen molar-refractivity contribution in [2.75, 3.05) is 6.54 Å². The van der Waals surface area contributed by atoms with Crippen LogP contribution in [-0.4, -0.2) is 22.0 Å². The summed E-state index contributed by atoms with van der Waals surface area (Å²) in [7, 11) is -1.11. The van der Waals surface area contributed by atoms with E-state index >= 15 is 0 Å². The molecule has 1 saturated carbocycles. The van der Waals surface area contributed by atoms with Gasteiger partial charge in [-0.05, 0) is 37.6 Å². The van der Waals surface area contributed by atoms with E-state index in [1.807, 2.05) is 0 Å². The predicted molar refractivity (Wildman–Crippen MR) is 87.2 cm³/mol. The first kappa shape index (κ1) is 16.3. The first-order valence-corrected chi connectivity index (χ1v) is 9.19. The van der Waals surface area contributed by atoms with Crippen LogP contribution in [-0.2, 0) is 10.8 Å². The molecule has 0 bridgehead atoms. The van der Waals surface area contributed by atoms with Crippen LogP contribution in [0.25, 0.3) is 0 Å². The van der Waals surface area contributed by atoms with Gasteiger partial charge in [0.15, 0.2) is 0 Å². The maximum absolute atomic E-state index is 12.9. The van der Waals surface area contributed by atoms with Crippen LogP contribution >= 0.6 is 23.2 Å². The Hall–Kier alpha value is -0.0900. The number of nitrogens with one attached hydrogen (secondary N) is 1. The Balaban J connectivity index is 2.26. The molecule has 1 aromatic carbocycles. The molecule has 3 atom stereocenters. The molecule has 0 spiro atoms. The van der Waals surface area contributed by atoms with Gasteiger partial charge in [0.2, 0.25) is 0 Å². The highest BCUT2D eigenvalue weighted by Crippen LogP contribution is 2.30. The summed E-state index contributed by atoms with van der Waals surface area (Å²) in [6.07, 6.45) is 5.62. The minimum absolute atomic E-state index is 0.119. The lowest BCUT2D eigenvalue weighted by molar-refractivity contribution is 0.474. The summed E-state index contributed by atoms with van der Waals surface area (Å²) in [4.78, 5) is 0.675. The normalized spacial score (nSPS) is 25.1. The smallest absolute Gasteiger partial charge is 0.0592 e. The van der Waals surface area contributed by atoms with Gasteiger partial charge in [0.1, 0.15) is 0 Å². The number of benzene rings is 1. The zero-order valence-electron chi connectivity index (χ0n) is 11.7. The van der Waals surface area contributed by atoms with Gasteiger partial charge in [-0.3, -0.25) is 4.21 Å². The van der Waals surface area contributed by atoms with Crippen LogP contribution in [0.1, 0.15) is 39.0 Å². The minimum atomic E-state index is -1.11. The van der Waals surface area contributed by atoms with E-state index in [1.54, 1.807) is 18.2 Å². The van der Waals surface area contributed by atoms with E-state index in [9.17, 15) is 4.21 Å². The largest absolute Gasteiger partial charge is 0.313 e. The van der Waals surface area contributed by atoms with Crippen molar-refractivity contribution >= 4 is 34.0 Å². The molecular weight excluding hydrogens is 313 g/mol. The summed E-state index contributed by atoms with van der Waals surface area (Å²) in [5, 5.41) is 4.75. The third kappa shape index (κ3) is 3.97. The fourth-order valence-electron chi connectivity index (χ4n) is 2.82. The summed E-state index contributed by atoms with van der Waals surface area (Å²) >= 11 is 12.2. The maximum Gasteiger partial charge on any atom is 0.0592 e. The molecule has 3 unspecified atom stereocenters. The van der Waals surface area contributed by atoms with Crippen molar-refractivity contribution < 1.29 is 4.21 Å². The Labute approximate surface area is 133 Å². The van der Waals surface area contributed by atoms with Crippen molar-refractivity contribution in [1.29, 1.82) is 0 Å².